The summed E-state index contributed by atoms with van der Waals surface area (Å²) in [4.78, 5) is 6.18. The maximum absolute atomic E-state index is 7.40. The molecule has 0 saturated carbocycles. The largest absolute Gasteiger partial charge is 0.384 e. The number of amidine groups is 1. The predicted octanol–water partition coefficient (Wildman–Crippen LogP) is 2.65. The maximum atomic E-state index is 7.40. The van der Waals surface area contributed by atoms with Crippen LogP contribution in [-0.2, 0) is 13.1 Å². The summed E-state index contributed by atoms with van der Waals surface area (Å²) in [5, 5.41) is 8.03. The first-order valence-electron chi connectivity index (χ1n) is 6.26. The molecule has 104 valence electrons. The van der Waals surface area contributed by atoms with E-state index in [1.54, 1.807) is 18.5 Å². The normalized spacial score (nSPS) is 10.8. The van der Waals surface area contributed by atoms with Crippen LogP contribution in [0.3, 0.4) is 0 Å². The van der Waals surface area contributed by atoms with Gasteiger partial charge in [0.05, 0.1) is 0 Å². The van der Waals surface area contributed by atoms with Gasteiger partial charge in [-0.1, -0.05) is 23.7 Å². The van der Waals surface area contributed by atoms with Gasteiger partial charge in [-0.3, -0.25) is 15.3 Å². The smallest absolute Gasteiger partial charge is 0.122 e. The molecule has 0 aliphatic heterocycles. The Morgan fingerprint density at radius 2 is 1.95 bits per heavy atom. The molecule has 2 rings (SSSR count). The number of benzene rings is 1. The van der Waals surface area contributed by atoms with Crippen LogP contribution in [0.2, 0.25) is 5.02 Å². The van der Waals surface area contributed by atoms with Crippen molar-refractivity contribution in [3.8, 4) is 0 Å². The van der Waals surface area contributed by atoms with E-state index in [4.69, 9.17) is 22.7 Å². The van der Waals surface area contributed by atoms with Crippen LogP contribution in [0.1, 0.15) is 16.7 Å². The molecule has 0 bridgehead atoms. The lowest BCUT2D eigenvalue weighted by molar-refractivity contribution is 0.319. The number of aromatic nitrogens is 1. The number of pyridine rings is 1. The fourth-order valence-corrected chi connectivity index (χ4v) is 2.23. The molecule has 20 heavy (non-hydrogen) atoms. The van der Waals surface area contributed by atoms with Crippen molar-refractivity contribution < 1.29 is 0 Å². The molecule has 0 aliphatic carbocycles. The number of nitrogens with one attached hydrogen (secondary N) is 1. The summed E-state index contributed by atoms with van der Waals surface area (Å²) in [6, 6.07) is 9.47. The Balaban J connectivity index is 2.04. The average Bonchev–Trinajstić information content (AvgIpc) is 2.42. The molecule has 1 heterocycles. The van der Waals surface area contributed by atoms with Crippen LogP contribution < -0.4 is 5.73 Å². The molecule has 1 aromatic heterocycles. The van der Waals surface area contributed by atoms with Gasteiger partial charge >= 0.3 is 0 Å². The minimum atomic E-state index is 0.0311. The van der Waals surface area contributed by atoms with E-state index in [0.29, 0.717) is 10.6 Å². The van der Waals surface area contributed by atoms with E-state index in [1.807, 2.05) is 31.3 Å². The standard InChI is InChI=1S/C15H17ClN4/c1-20(9-11-4-6-19-7-5-11)10-13-3-2-12(15(17)18)8-14(13)16/h2-8H,9-10H2,1H3,(H3,17,18). The summed E-state index contributed by atoms with van der Waals surface area (Å²) < 4.78 is 0. The molecule has 0 radical (unpaired) electrons. The number of hydrogen-bond donors (Lipinski definition) is 2. The Labute approximate surface area is 123 Å². The lowest BCUT2D eigenvalue weighted by Crippen LogP contribution is -2.18. The second kappa shape index (κ2) is 6.50. The summed E-state index contributed by atoms with van der Waals surface area (Å²) in [6.07, 6.45) is 3.58. The van der Waals surface area contributed by atoms with Gasteiger partial charge in [0.25, 0.3) is 0 Å². The van der Waals surface area contributed by atoms with Gasteiger partial charge in [-0.25, -0.2) is 0 Å². The van der Waals surface area contributed by atoms with Crippen LogP contribution in [0.5, 0.6) is 0 Å². The Bertz CT molecular complexity index is 598. The summed E-state index contributed by atoms with van der Waals surface area (Å²) in [7, 11) is 2.04. The van der Waals surface area contributed by atoms with E-state index >= 15 is 0 Å². The second-order valence-corrected chi connectivity index (χ2v) is 5.15. The first kappa shape index (κ1) is 14.5. The molecule has 0 spiro atoms. The number of nitrogen functional groups attached to an aromatic ring is 1. The van der Waals surface area contributed by atoms with E-state index in [9.17, 15) is 0 Å². The zero-order valence-electron chi connectivity index (χ0n) is 11.3. The number of nitrogens with zero attached hydrogens (tertiary/aromatic N) is 2. The van der Waals surface area contributed by atoms with Crippen LogP contribution in [0.15, 0.2) is 42.7 Å². The van der Waals surface area contributed by atoms with Gasteiger partial charge in [0.1, 0.15) is 5.84 Å². The molecule has 0 aliphatic rings. The van der Waals surface area contributed by atoms with Crippen LogP contribution >= 0.6 is 11.6 Å². The molecule has 0 atom stereocenters. The highest BCUT2D eigenvalue weighted by Gasteiger charge is 2.07. The van der Waals surface area contributed by atoms with E-state index in [1.165, 1.54) is 5.56 Å². The third-order valence-corrected chi connectivity index (χ3v) is 3.36. The van der Waals surface area contributed by atoms with Gasteiger partial charge in [-0.05, 0) is 36.4 Å². The molecule has 2 aromatic rings. The molecule has 0 fully saturated rings. The van der Waals surface area contributed by atoms with Crippen LogP contribution in [-0.4, -0.2) is 22.8 Å². The fourth-order valence-electron chi connectivity index (χ4n) is 1.99. The summed E-state index contributed by atoms with van der Waals surface area (Å²) in [5.74, 6) is 0.0311. The van der Waals surface area contributed by atoms with Crippen molar-refractivity contribution in [1.82, 2.24) is 9.88 Å². The highest BCUT2D eigenvalue weighted by Crippen LogP contribution is 2.19. The monoisotopic (exact) mass is 288 g/mol. The van der Waals surface area contributed by atoms with E-state index in [0.717, 1.165) is 18.7 Å². The van der Waals surface area contributed by atoms with Crippen molar-refractivity contribution in [2.75, 3.05) is 7.05 Å². The molecule has 1 aromatic carbocycles. The highest BCUT2D eigenvalue weighted by atomic mass is 35.5. The van der Waals surface area contributed by atoms with Crippen molar-refractivity contribution >= 4 is 17.4 Å². The lowest BCUT2D eigenvalue weighted by Gasteiger charge is -2.18. The summed E-state index contributed by atoms with van der Waals surface area (Å²) in [5.41, 5.74) is 8.32. The molecular weight excluding hydrogens is 272 g/mol. The van der Waals surface area contributed by atoms with Crippen molar-refractivity contribution in [2.45, 2.75) is 13.1 Å². The number of rotatable bonds is 5. The Morgan fingerprint density at radius 3 is 2.55 bits per heavy atom. The molecule has 0 amide bonds. The zero-order valence-corrected chi connectivity index (χ0v) is 12.1. The zero-order chi connectivity index (χ0) is 14.5. The van der Waals surface area contributed by atoms with Gasteiger partial charge in [0, 0.05) is 36.1 Å². The van der Waals surface area contributed by atoms with E-state index in [-0.39, 0.29) is 5.84 Å². The predicted molar refractivity (Wildman–Crippen MR) is 81.9 cm³/mol. The lowest BCUT2D eigenvalue weighted by atomic mass is 10.1. The van der Waals surface area contributed by atoms with E-state index in [2.05, 4.69) is 9.88 Å². The second-order valence-electron chi connectivity index (χ2n) is 4.75. The van der Waals surface area contributed by atoms with Gasteiger partial charge in [-0.2, -0.15) is 0 Å². The highest BCUT2D eigenvalue weighted by molar-refractivity contribution is 6.31. The molecule has 5 heteroatoms. The van der Waals surface area contributed by atoms with Crippen molar-refractivity contribution in [2.24, 2.45) is 5.73 Å². The van der Waals surface area contributed by atoms with Gasteiger partial charge < -0.3 is 5.73 Å². The van der Waals surface area contributed by atoms with Gasteiger partial charge in [0.2, 0.25) is 0 Å². The third kappa shape index (κ3) is 3.79. The first-order valence-corrected chi connectivity index (χ1v) is 6.64. The van der Waals surface area contributed by atoms with E-state index < -0.39 is 0 Å². The number of hydrogen-bond acceptors (Lipinski definition) is 3. The SMILES string of the molecule is CN(Cc1ccncc1)Cc1ccc(C(=N)N)cc1Cl. The molecule has 4 nitrogen and oxygen atoms in total. The van der Waals surface area contributed by atoms with Gasteiger partial charge in [-0.15, -0.1) is 0 Å². The topological polar surface area (TPSA) is 66.0 Å². The minimum Gasteiger partial charge on any atom is -0.384 e. The summed E-state index contributed by atoms with van der Waals surface area (Å²) in [6.45, 7) is 1.56. The number of nitrogens with two attached hydrogens (primary N) is 1. The third-order valence-electron chi connectivity index (χ3n) is 3.01. The molecule has 0 unspecified atom stereocenters. The first-order chi connectivity index (χ1) is 9.56. The van der Waals surface area contributed by atoms with Crippen molar-refractivity contribution in [3.05, 3.63) is 64.4 Å². The molecule has 0 saturated heterocycles. The average molecular weight is 289 g/mol. The quantitative estimate of drug-likeness (QED) is 0.656. The van der Waals surface area contributed by atoms with Crippen LogP contribution in [0.4, 0.5) is 0 Å². The summed E-state index contributed by atoms with van der Waals surface area (Å²) >= 11 is 6.23. The Hall–Kier alpha value is -1.91. The van der Waals surface area contributed by atoms with Gasteiger partial charge in [0.15, 0.2) is 0 Å². The molecular formula is C15H17ClN4. The van der Waals surface area contributed by atoms with Crippen molar-refractivity contribution in [3.63, 3.8) is 0 Å². The van der Waals surface area contributed by atoms with Crippen LogP contribution in [0.25, 0.3) is 0 Å². The Kier molecular flexibility index (Phi) is 4.71. The van der Waals surface area contributed by atoms with Crippen molar-refractivity contribution in [1.29, 1.82) is 5.41 Å². The fraction of sp³-hybridized carbons (Fsp3) is 0.200. The number of halogens is 1. The van der Waals surface area contributed by atoms with Crippen LogP contribution in [0, 0.1) is 5.41 Å². The maximum Gasteiger partial charge on any atom is 0.122 e. The minimum absolute atomic E-state index is 0.0311. The molecule has 3 N–H and O–H groups in total. The Morgan fingerprint density at radius 1 is 1.25 bits per heavy atom.